The third-order valence-electron chi connectivity index (χ3n) is 3.53. The van der Waals surface area contributed by atoms with E-state index in [9.17, 15) is 0 Å². The SMILES string of the molecule is CCC(N)Cc1c(Cl)cccc1N(C)C(C)COC. The molecule has 0 spiro atoms. The number of anilines is 1. The first-order valence-electron chi connectivity index (χ1n) is 6.76. The molecule has 0 aromatic heterocycles. The second-order valence-corrected chi connectivity index (χ2v) is 5.43. The number of benzene rings is 1. The maximum absolute atomic E-state index is 6.34. The van der Waals surface area contributed by atoms with E-state index in [1.807, 2.05) is 12.1 Å². The van der Waals surface area contributed by atoms with Gasteiger partial charge in [0.25, 0.3) is 0 Å². The highest BCUT2D eigenvalue weighted by molar-refractivity contribution is 6.31. The number of hydrogen-bond donors (Lipinski definition) is 1. The molecule has 3 nitrogen and oxygen atoms in total. The summed E-state index contributed by atoms with van der Waals surface area (Å²) in [6, 6.07) is 6.44. The number of likely N-dealkylation sites (N-methyl/N-ethyl adjacent to an activating group) is 1. The van der Waals surface area contributed by atoms with Crippen molar-refractivity contribution in [1.29, 1.82) is 0 Å². The highest BCUT2D eigenvalue weighted by Gasteiger charge is 2.17. The van der Waals surface area contributed by atoms with Crippen LogP contribution in [0, 0.1) is 0 Å². The van der Waals surface area contributed by atoms with Gasteiger partial charge >= 0.3 is 0 Å². The fraction of sp³-hybridized carbons (Fsp3) is 0.600. The molecule has 0 saturated carbocycles. The Morgan fingerprint density at radius 3 is 2.68 bits per heavy atom. The van der Waals surface area contributed by atoms with E-state index in [1.165, 1.54) is 0 Å². The van der Waals surface area contributed by atoms with E-state index < -0.39 is 0 Å². The Hall–Kier alpha value is -0.770. The summed E-state index contributed by atoms with van der Waals surface area (Å²) < 4.78 is 5.22. The van der Waals surface area contributed by atoms with Crippen molar-refractivity contribution in [2.45, 2.75) is 38.8 Å². The van der Waals surface area contributed by atoms with Crippen molar-refractivity contribution < 1.29 is 4.74 Å². The van der Waals surface area contributed by atoms with Crippen LogP contribution in [0.1, 0.15) is 25.8 Å². The summed E-state index contributed by atoms with van der Waals surface area (Å²) in [5.41, 5.74) is 8.34. The molecule has 0 aliphatic carbocycles. The number of ether oxygens (including phenoxy) is 1. The molecule has 1 aromatic rings. The second-order valence-electron chi connectivity index (χ2n) is 5.03. The highest BCUT2D eigenvalue weighted by Crippen LogP contribution is 2.29. The van der Waals surface area contributed by atoms with Crippen molar-refractivity contribution in [1.82, 2.24) is 0 Å². The van der Waals surface area contributed by atoms with Gasteiger partial charge in [-0.05, 0) is 37.5 Å². The lowest BCUT2D eigenvalue weighted by molar-refractivity contribution is 0.183. The first kappa shape index (κ1) is 16.3. The minimum absolute atomic E-state index is 0.143. The minimum atomic E-state index is 0.143. The molecular formula is C15H25ClN2O. The van der Waals surface area contributed by atoms with Gasteiger partial charge in [-0.1, -0.05) is 24.6 Å². The highest BCUT2D eigenvalue weighted by atomic mass is 35.5. The Balaban J connectivity index is 3.02. The average Bonchev–Trinajstić information content (AvgIpc) is 2.40. The lowest BCUT2D eigenvalue weighted by Crippen LogP contribution is -2.34. The summed E-state index contributed by atoms with van der Waals surface area (Å²) in [5.74, 6) is 0. The molecule has 0 fully saturated rings. The van der Waals surface area contributed by atoms with Crippen LogP contribution in [-0.4, -0.2) is 32.8 Å². The zero-order valence-corrected chi connectivity index (χ0v) is 13.1. The van der Waals surface area contributed by atoms with Gasteiger partial charge in [-0.2, -0.15) is 0 Å². The molecule has 19 heavy (non-hydrogen) atoms. The average molecular weight is 285 g/mol. The number of nitrogens with zero attached hydrogens (tertiary/aromatic N) is 1. The number of hydrogen-bond acceptors (Lipinski definition) is 3. The van der Waals surface area contributed by atoms with Crippen molar-refractivity contribution in [2.75, 3.05) is 25.7 Å². The van der Waals surface area contributed by atoms with E-state index in [1.54, 1.807) is 7.11 Å². The van der Waals surface area contributed by atoms with Gasteiger partial charge in [-0.3, -0.25) is 0 Å². The third-order valence-corrected chi connectivity index (χ3v) is 3.89. The van der Waals surface area contributed by atoms with Gasteiger partial charge in [0, 0.05) is 37.0 Å². The smallest absolute Gasteiger partial charge is 0.0663 e. The van der Waals surface area contributed by atoms with Gasteiger partial charge in [-0.15, -0.1) is 0 Å². The van der Waals surface area contributed by atoms with E-state index >= 15 is 0 Å². The second kappa shape index (κ2) is 7.73. The van der Waals surface area contributed by atoms with Crippen molar-refractivity contribution >= 4 is 17.3 Å². The monoisotopic (exact) mass is 284 g/mol. The first-order valence-corrected chi connectivity index (χ1v) is 7.13. The van der Waals surface area contributed by atoms with Gasteiger partial charge in [0.15, 0.2) is 0 Å². The molecule has 0 aliphatic heterocycles. The summed E-state index contributed by atoms with van der Waals surface area (Å²) >= 11 is 6.34. The molecule has 0 aliphatic rings. The van der Waals surface area contributed by atoms with Crippen molar-refractivity contribution in [3.8, 4) is 0 Å². The van der Waals surface area contributed by atoms with Gasteiger partial charge < -0.3 is 15.4 Å². The maximum Gasteiger partial charge on any atom is 0.0663 e. The third kappa shape index (κ3) is 4.37. The fourth-order valence-electron chi connectivity index (χ4n) is 2.08. The number of halogens is 1. The molecule has 0 amide bonds. The minimum Gasteiger partial charge on any atom is -0.383 e. The predicted octanol–water partition coefficient (Wildman–Crippen LogP) is 3.09. The standard InChI is InChI=1S/C15H25ClN2O/c1-5-12(17)9-13-14(16)7-6-8-15(13)18(3)11(2)10-19-4/h6-8,11-12H,5,9-10,17H2,1-4H3. The van der Waals surface area contributed by atoms with Crippen molar-refractivity contribution in [3.05, 3.63) is 28.8 Å². The summed E-state index contributed by atoms with van der Waals surface area (Å²) in [6.45, 7) is 4.91. The first-order chi connectivity index (χ1) is 9.01. The van der Waals surface area contributed by atoms with Crippen LogP contribution in [-0.2, 0) is 11.2 Å². The Kier molecular flexibility index (Phi) is 6.63. The summed E-state index contributed by atoms with van der Waals surface area (Å²) in [5, 5.41) is 0.790. The fourth-order valence-corrected chi connectivity index (χ4v) is 2.32. The Labute approximate surface area is 121 Å². The molecular weight excluding hydrogens is 260 g/mol. The Bertz CT molecular complexity index is 398. The molecule has 1 rings (SSSR count). The van der Waals surface area contributed by atoms with E-state index in [4.69, 9.17) is 22.1 Å². The van der Waals surface area contributed by atoms with E-state index in [0.717, 1.165) is 29.1 Å². The van der Waals surface area contributed by atoms with Crippen LogP contribution < -0.4 is 10.6 Å². The van der Waals surface area contributed by atoms with Crippen molar-refractivity contribution in [3.63, 3.8) is 0 Å². The zero-order valence-electron chi connectivity index (χ0n) is 12.3. The number of nitrogens with two attached hydrogens (primary N) is 1. The predicted molar refractivity (Wildman–Crippen MR) is 83.2 cm³/mol. The van der Waals surface area contributed by atoms with Crippen LogP contribution in [0.2, 0.25) is 5.02 Å². The van der Waals surface area contributed by atoms with Gasteiger partial charge in [0.05, 0.1) is 6.61 Å². The van der Waals surface area contributed by atoms with Gasteiger partial charge in [0.1, 0.15) is 0 Å². The van der Waals surface area contributed by atoms with E-state index in [2.05, 4.69) is 31.9 Å². The molecule has 1 aromatic carbocycles. The Morgan fingerprint density at radius 2 is 2.11 bits per heavy atom. The van der Waals surface area contributed by atoms with E-state index in [-0.39, 0.29) is 6.04 Å². The number of rotatable bonds is 7. The lowest BCUT2D eigenvalue weighted by atomic mass is 10.0. The summed E-state index contributed by atoms with van der Waals surface area (Å²) in [7, 11) is 3.78. The number of methoxy groups -OCH3 is 1. The molecule has 0 heterocycles. The Morgan fingerprint density at radius 1 is 1.42 bits per heavy atom. The molecule has 108 valence electrons. The van der Waals surface area contributed by atoms with Crippen LogP contribution >= 0.6 is 11.6 Å². The molecule has 0 saturated heterocycles. The summed E-state index contributed by atoms with van der Waals surface area (Å²) in [4.78, 5) is 2.20. The molecule has 2 atom stereocenters. The van der Waals surface area contributed by atoms with Gasteiger partial charge in [-0.25, -0.2) is 0 Å². The molecule has 2 N–H and O–H groups in total. The molecule has 0 bridgehead atoms. The maximum atomic E-state index is 6.34. The topological polar surface area (TPSA) is 38.5 Å². The van der Waals surface area contributed by atoms with Crippen LogP contribution in [0.15, 0.2) is 18.2 Å². The normalized spacial score (nSPS) is 14.2. The van der Waals surface area contributed by atoms with Crippen LogP contribution in [0.25, 0.3) is 0 Å². The van der Waals surface area contributed by atoms with Gasteiger partial charge in [0.2, 0.25) is 0 Å². The van der Waals surface area contributed by atoms with Crippen LogP contribution in [0.4, 0.5) is 5.69 Å². The largest absolute Gasteiger partial charge is 0.383 e. The van der Waals surface area contributed by atoms with Crippen LogP contribution in [0.5, 0.6) is 0 Å². The van der Waals surface area contributed by atoms with Crippen molar-refractivity contribution in [2.24, 2.45) is 5.73 Å². The zero-order chi connectivity index (χ0) is 14.4. The summed E-state index contributed by atoms with van der Waals surface area (Å²) in [6.07, 6.45) is 1.75. The van der Waals surface area contributed by atoms with E-state index in [0.29, 0.717) is 12.6 Å². The quantitative estimate of drug-likeness (QED) is 0.836. The molecule has 4 heteroatoms. The molecule has 0 radical (unpaired) electrons. The lowest BCUT2D eigenvalue weighted by Gasteiger charge is -2.29. The van der Waals surface area contributed by atoms with Crippen LogP contribution in [0.3, 0.4) is 0 Å². The molecule has 2 unspecified atom stereocenters.